The van der Waals surface area contributed by atoms with E-state index in [4.69, 9.17) is 10.1 Å². The lowest BCUT2D eigenvalue weighted by molar-refractivity contribution is 0.416. The van der Waals surface area contributed by atoms with Gasteiger partial charge in [-0.25, -0.2) is 4.98 Å². The summed E-state index contributed by atoms with van der Waals surface area (Å²) in [6.07, 6.45) is 7.53. The average Bonchev–Trinajstić information content (AvgIpc) is 3.20. The second kappa shape index (κ2) is 10.1. The van der Waals surface area contributed by atoms with Crippen LogP contribution in [0.1, 0.15) is 60.7 Å². The topological polar surface area (TPSA) is 52.2 Å². The Bertz CT molecular complexity index is 1670. The molecule has 0 amide bonds. The Morgan fingerprint density at radius 3 is 2.43 bits per heavy atom. The number of fused-ring (bicyclic) bond motifs is 2. The molecule has 5 aromatic rings. The van der Waals surface area contributed by atoms with Crippen molar-refractivity contribution in [3.8, 4) is 0 Å². The summed E-state index contributed by atoms with van der Waals surface area (Å²) in [4.78, 5) is 18.6. The molecule has 6 heteroatoms. The largest absolute Gasteiger partial charge is 0.340 e. The molecule has 1 aliphatic rings. The van der Waals surface area contributed by atoms with E-state index in [1.54, 1.807) is 4.68 Å². The molecule has 37 heavy (non-hydrogen) atoms. The summed E-state index contributed by atoms with van der Waals surface area (Å²) in [5.41, 5.74) is 5.18. The monoisotopic (exact) mass is 552 g/mol. The molecule has 3 aromatic carbocycles. The summed E-state index contributed by atoms with van der Waals surface area (Å²) in [6.45, 7) is 2.89. The third-order valence-electron chi connectivity index (χ3n) is 7.59. The predicted octanol–water partition coefficient (Wildman–Crippen LogP) is 7.40. The van der Waals surface area contributed by atoms with E-state index in [2.05, 4.69) is 76.0 Å². The van der Waals surface area contributed by atoms with Gasteiger partial charge in [-0.1, -0.05) is 77.7 Å². The van der Waals surface area contributed by atoms with E-state index in [0.29, 0.717) is 5.39 Å². The van der Waals surface area contributed by atoms with E-state index in [1.807, 2.05) is 30.5 Å². The van der Waals surface area contributed by atoms with Gasteiger partial charge in [0.05, 0.1) is 17.1 Å². The van der Waals surface area contributed by atoms with Crippen molar-refractivity contribution in [2.24, 2.45) is 5.10 Å². The van der Waals surface area contributed by atoms with Crippen molar-refractivity contribution in [2.75, 3.05) is 0 Å². The quantitative estimate of drug-likeness (QED) is 0.213. The SMILES string of the molecule is Cc1c(C=Nn2c(C3CCCCC3)nc3ccccc3c2=O)c2ccccc2n1Cc1ccc(Br)cc1. The Balaban J connectivity index is 1.48. The van der Waals surface area contributed by atoms with E-state index in [1.165, 1.54) is 24.8 Å². The van der Waals surface area contributed by atoms with Gasteiger partial charge in [-0.3, -0.25) is 4.79 Å². The maximum atomic E-state index is 13.6. The van der Waals surface area contributed by atoms with Crippen molar-refractivity contribution in [1.82, 2.24) is 14.2 Å². The smallest absolute Gasteiger partial charge is 0.282 e. The van der Waals surface area contributed by atoms with Crippen molar-refractivity contribution in [1.29, 1.82) is 0 Å². The second-order valence-corrected chi connectivity index (χ2v) is 10.8. The van der Waals surface area contributed by atoms with E-state index < -0.39 is 0 Å². The van der Waals surface area contributed by atoms with Crippen LogP contribution in [0.3, 0.4) is 0 Å². The van der Waals surface area contributed by atoms with Gasteiger partial charge in [-0.05, 0) is 55.7 Å². The number of halogens is 1. The molecule has 5 nitrogen and oxygen atoms in total. The molecule has 1 aliphatic carbocycles. The van der Waals surface area contributed by atoms with Crippen molar-refractivity contribution in [2.45, 2.75) is 51.5 Å². The third-order valence-corrected chi connectivity index (χ3v) is 8.11. The molecule has 186 valence electrons. The third kappa shape index (κ3) is 4.55. The summed E-state index contributed by atoms with van der Waals surface area (Å²) in [5.74, 6) is 1.04. The molecule has 0 spiro atoms. The molecular formula is C31H29BrN4O. The van der Waals surface area contributed by atoms with Crippen LogP contribution < -0.4 is 5.56 Å². The van der Waals surface area contributed by atoms with Gasteiger partial charge in [0.1, 0.15) is 5.82 Å². The average molecular weight is 554 g/mol. The van der Waals surface area contributed by atoms with Gasteiger partial charge in [-0.15, -0.1) is 0 Å². The number of benzene rings is 3. The fourth-order valence-electron chi connectivity index (χ4n) is 5.59. The zero-order valence-corrected chi connectivity index (χ0v) is 22.5. The van der Waals surface area contributed by atoms with Crippen LogP contribution in [0.5, 0.6) is 0 Å². The number of aromatic nitrogens is 3. The zero-order chi connectivity index (χ0) is 25.4. The Labute approximate surface area is 224 Å². The summed E-state index contributed by atoms with van der Waals surface area (Å²) in [5, 5.41) is 6.57. The lowest BCUT2D eigenvalue weighted by Crippen LogP contribution is -2.25. The molecule has 0 unspecified atom stereocenters. The normalized spacial score (nSPS) is 14.8. The van der Waals surface area contributed by atoms with Gasteiger partial charge >= 0.3 is 0 Å². The van der Waals surface area contributed by atoms with Crippen molar-refractivity contribution in [3.05, 3.63) is 110 Å². The van der Waals surface area contributed by atoms with Crippen molar-refractivity contribution < 1.29 is 0 Å². The van der Waals surface area contributed by atoms with Gasteiger partial charge in [0.15, 0.2) is 0 Å². The maximum Gasteiger partial charge on any atom is 0.282 e. The predicted molar refractivity (Wildman–Crippen MR) is 155 cm³/mol. The second-order valence-electron chi connectivity index (χ2n) is 9.91. The number of hydrogen-bond acceptors (Lipinski definition) is 3. The highest BCUT2D eigenvalue weighted by molar-refractivity contribution is 9.10. The maximum absolute atomic E-state index is 13.6. The van der Waals surface area contributed by atoms with Gasteiger partial charge in [0, 0.05) is 39.1 Å². The molecular weight excluding hydrogens is 524 g/mol. The molecule has 2 heterocycles. The highest BCUT2D eigenvalue weighted by Crippen LogP contribution is 2.32. The van der Waals surface area contributed by atoms with Gasteiger partial charge in [-0.2, -0.15) is 9.78 Å². The number of hydrogen-bond donors (Lipinski definition) is 0. The summed E-state index contributed by atoms with van der Waals surface area (Å²) >= 11 is 3.53. The summed E-state index contributed by atoms with van der Waals surface area (Å²) in [7, 11) is 0. The minimum atomic E-state index is -0.0984. The molecule has 1 fully saturated rings. The first-order valence-electron chi connectivity index (χ1n) is 13.0. The molecule has 1 saturated carbocycles. The molecule has 0 saturated heterocycles. The van der Waals surface area contributed by atoms with E-state index >= 15 is 0 Å². The van der Waals surface area contributed by atoms with Crippen LogP contribution in [0.25, 0.3) is 21.8 Å². The van der Waals surface area contributed by atoms with Crippen molar-refractivity contribution in [3.63, 3.8) is 0 Å². The number of para-hydroxylation sites is 2. The summed E-state index contributed by atoms with van der Waals surface area (Å²) < 4.78 is 4.96. The van der Waals surface area contributed by atoms with E-state index in [0.717, 1.165) is 57.4 Å². The fourth-order valence-corrected chi connectivity index (χ4v) is 5.85. The zero-order valence-electron chi connectivity index (χ0n) is 20.9. The molecule has 0 N–H and O–H groups in total. The molecule has 6 rings (SSSR count). The lowest BCUT2D eigenvalue weighted by Gasteiger charge is -2.22. The van der Waals surface area contributed by atoms with Gasteiger partial charge in [0.2, 0.25) is 0 Å². The fraction of sp³-hybridized carbons (Fsp3) is 0.258. The molecule has 2 aromatic heterocycles. The first-order valence-corrected chi connectivity index (χ1v) is 13.8. The Kier molecular flexibility index (Phi) is 6.51. The minimum Gasteiger partial charge on any atom is -0.340 e. The Morgan fingerprint density at radius 2 is 1.65 bits per heavy atom. The van der Waals surface area contributed by atoms with E-state index in [-0.39, 0.29) is 11.5 Å². The molecule has 0 radical (unpaired) electrons. The molecule has 0 aliphatic heterocycles. The van der Waals surface area contributed by atoms with E-state index in [9.17, 15) is 4.79 Å². The number of nitrogens with zero attached hydrogens (tertiary/aromatic N) is 4. The van der Waals surface area contributed by atoms with Crippen LogP contribution in [0.15, 0.2) is 87.2 Å². The van der Waals surface area contributed by atoms with Crippen LogP contribution in [0.2, 0.25) is 0 Å². The van der Waals surface area contributed by atoms with Crippen LogP contribution >= 0.6 is 15.9 Å². The highest BCUT2D eigenvalue weighted by atomic mass is 79.9. The van der Waals surface area contributed by atoms with Crippen LogP contribution in [-0.2, 0) is 6.54 Å². The number of rotatable bonds is 5. The van der Waals surface area contributed by atoms with Crippen LogP contribution in [0.4, 0.5) is 0 Å². The van der Waals surface area contributed by atoms with Crippen LogP contribution in [0, 0.1) is 6.92 Å². The van der Waals surface area contributed by atoms with Crippen LogP contribution in [-0.4, -0.2) is 20.4 Å². The standard InChI is InChI=1S/C31H29BrN4O/c1-21-27(25-11-6-8-14-29(25)35(21)20-22-15-17-24(32)18-16-22)19-33-36-30(23-9-3-2-4-10-23)34-28-13-7-5-12-26(28)31(36)37/h5-8,11-19,23H,2-4,9-10,20H2,1H3. The lowest BCUT2D eigenvalue weighted by atomic mass is 9.88. The first kappa shape index (κ1) is 23.9. The molecule has 0 atom stereocenters. The first-order chi connectivity index (χ1) is 18.1. The minimum absolute atomic E-state index is 0.0984. The Morgan fingerprint density at radius 1 is 0.946 bits per heavy atom. The van der Waals surface area contributed by atoms with Crippen molar-refractivity contribution >= 4 is 44.0 Å². The van der Waals surface area contributed by atoms with Gasteiger partial charge < -0.3 is 4.57 Å². The summed E-state index contributed by atoms with van der Waals surface area (Å²) in [6, 6.07) is 24.4. The molecule has 0 bridgehead atoms. The van der Waals surface area contributed by atoms with Gasteiger partial charge in [0.25, 0.3) is 5.56 Å². The Hall–Kier alpha value is -3.51. The highest BCUT2D eigenvalue weighted by Gasteiger charge is 2.22.